The maximum absolute atomic E-state index is 4.79. The maximum Gasteiger partial charge on any atom is 0.177 e. The van der Waals surface area contributed by atoms with Gasteiger partial charge >= 0.3 is 0 Å². The van der Waals surface area contributed by atoms with Crippen LogP contribution >= 0.6 is 0 Å². The number of hydrogen-bond acceptors (Lipinski definition) is 7. The smallest absolute Gasteiger partial charge is 0.177 e. The zero-order chi connectivity index (χ0) is 20.8. The molecule has 2 aliphatic rings. The zero-order valence-corrected chi connectivity index (χ0v) is 17.6. The number of nitrogens with zero attached hydrogens (tertiary/aromatic N) is 8. The fourth-order valence-corrected chi connectivity index (χ4v) is 4.69. The minimum atomic E-state index is 0.484. The van der Waals surface area contributed by atoms with Gasteiger partial charge in [-0.2, -0.15) is 9.61 Å². The molecule has 0 aliphatic carbocycles. The van der Waals surface area contributed by atoms with Crippen LogP contribution in [-0.4, -0.2) is 54.2 Å². The van der Waals surface area contributed by atoms with Crippen molar-refractivity contribution >= 4 is 11.5 Å². The van der Waals surface area contributed by atoms with Crippen molar-refractivity contribution in [2.75, 3.05) is 24.5 Å². The van der Waals surface area contributed by atoms with E-state index in [9.17, 15) is 0 Å². The van der Waals surface area contributed by atoms with Gasteiger partial charge in [-0.1, -0.05) is 0 Å². The molecule has 9 heteroatoms. The summed E-state index contributed by atoms with van der Waals surface area (Å²) in [7, 11) is 0. The molecule has 0 spiro atoms. The number of aryl methyl sites for hydroxylation is 1. The molecule has 1 saturated heterocycles. The van der Waals surface area contributed by atoms with Crippen molar-refractivity contribution in [3.8, 4) is 11.1 Å². The SMILES string of the molecule is Cc1cc2nncn2nc1N1CCc2ncc(-c3cnn(C4CCNCC4)c3)cc2C1. The largest absolute Gasteiger partial charge is 0.350 e. The van der Waals surface area contributed by atoms with Crippen LogP contribution in [0, 0.1) is 6.92 Å². The first-order valence-corrected chi connectivity index (χ1v) is 10.9. The van der Waals surface area contributed by atoms with Gasteiger partial charge in [0.25, 0.3) is 0 Å². The van der Waals surface area contributed by atoms with E-state index in [1.54, 1.807) is 10.8 Å². The molecule has 1 fully saturated rings. The first-order valence-electron chi connectivity index (χ1n) is 10.9. The van der Waals surface area contributed by atoms with Gasteiger partial charge in [-0.3, -0.25) is 9.67 Å². The number of piperidine rings is 1. The molecule has 6 heterocycles. The molecule has 2 aliphatic heterocycles. The Morgan fingerprint density at radius 3 is 2.90 bits per heavy atom. The van der Waals surface area contributed by atoms with Crippen LogP contribution in [0.1, 0.15) is 35.7 Å². The second-order valence-electron chi connectivity index (χ2n) is 8.48. The highest BCUT2D eigenvalue weighted by molar-refractivity contribution is 5.63. The molecule has 0 bridgehead atoms. The normalized spacial score (nSPS) is 17.3. The van der Waals surface area contributed by atoms with Gasteiger partial charge in [-0.05, 0) is 56.1 Å². The highest BCUT2D eigenvalue weighted by Gasteiger charge is 2.22. The summed E-state index contributed by atoms with van der Waals surface area (Å²) in [4.78, 5) is 7.11. The number of nitrogens with one attached hydrogen (secondary N) is 1. The van der Waals surface area contributed by atoms with Crippen molar-refractivity contribution in [1.29, 1.82) is 0 Å². The summed E-state index contributed by atoms with van der Waals surface area (Å²) >= 11 is 0. The molecule has 9 nitrogen and oxygen atoms in total. The third-order valence-electron chi connectivity index (χ3n) is 6.41. The lowest BCUT2D eigenvalue weighted by molar-refractivity contribution is 0.343. The third kappa shape index (κ3) is 3.34. The van der Waals surface area contributed by atoms with Gasteiger partial charge in [-0.25, -0.2) is 0 Å². The monoisotopic (exact) mass is 415 g/mol. The Hall–Kier alpha value is -3.33. The van der Waals surface area contributed by atoms with Crippen molar-refractivity contribution in [2.24, 2.45) is 0 Å². The minimum Gasteiger partial charge on any atom is -0.350 e. The molecule has 4 aromatic heterocycles. The summed E-state index contributed by atoms with van der Waals surface area (Å²) in [6.45, 7) is 5.89. The average molecular weight is 416 g/mol. The van der Waals surface area contributed by atoms with Gasteiger partial charge < -0.3 is 10.2 Å². The standard InChI is InChI=1S/C22H25N9/c1-15-8-21-27-25-14-31(21)28-22(15)29-7-4-20-17(12-29)9-16(10-24-20)18-11-26-30(13-18)19-2-5-23-6-3-19/h8-11,13-14,19,23H,2-7,12H2,1H3. The Kier molecular flexibility index (Phi) is 4.41. The quantitative estimate of drug-likeness (QED) is 0.549. The maximum atomic E-state index is 4.79. The van der Waals surface area contributed by atoms with Gasteiger partial charge in [0.1, 0.15) is 6.33 Å². The molecule has 0 radical (unpaired) electrons. The van der Waals surface area contributed by atoms with E-state index in [1.165, 1.54) is 11.3 Å². The number of pyridine rings is 1. The van der Waals surface area contributed by atoms with Gasteiger partial charge in [0, 0.05) is 48.7 Å². The molecule has 0 saturated carbocycles. The molecule has 1 N–H and O–H groups in total. The van der Waals surface area contributed by atoms with E-state index in [4.69, 9.17) is 10.1 Å². The molecule has 158 valence electrons. The third-order valence-corrected chi connectivity index (χ3v) is 6.41. The van der Waals surface area contributed by atoms with Crippen LogP contribution in [0.2, 0.25) is 0 Å². The first kappa shape index (κ1) is 18.4. The Morgan fingerprint density at radius 2 is 2.00 bits per heavy atom. The summed E-state index contributed by atoms with van der Waals surface area (Å²) in [6, 6.07) is 4.79. The molecule has 6 rings (SSSR count). The van der Waals surface area contributed by atoms with E-state index in [0.717, 1.165) is 73.6 Å². The van der Waals surface area contributed by atoms with E-state index in [2.05, 4.69) is 49.4 Å². The summed E-state index contributed by atoms with van der Waals surface area (Å²) in [5, 5.41) is 20.9. The van der Waals surface area contributed by atoms with E-state index < -0.39 is 0 Å². The van der Waals surface area contributed by atoms with Crippen LogP contribution in [0.4, 0.5) is 5.82 Å². The minimum absolute atomic E-state index is 0.484. The van der Waals surface area contributed by atoms with Crippen LogP contribution in [-0.2, 0) is 13.0 Å². The highest BCUT2D eigenvalue weighted by atomic mass is 15.4. The molecular formula is C22H25N9. The summed E-state index contributed by atoms with van der Waals surface area (Å²) < 4.78 is 3.87. The van der Waals surface area contributed by atoms with Gasteiger partial charge in [0.05, 0.1) is 12.2 Å². The predicted molar refractivity (Wildman–Crippen MR) is 117 cm³/mol. The van der Waals surface area contributed by atoms with Crippen molar-refractivity contribution in [3.05, 3.63) is 53.9 Å². The van der Waals surface area contributed by atoms with Crippen molar-refractivity contribution in [2.45, 2.75) is 38.8 Å². The van der Waals surface area contributed by atoms with E-state index in [1.807, 2.05) is 18.5 Å². The van der Waals surface area contributed by atoms with E-state index >= 15 is 0 Å². The molecule has 0 atom stereocenters. The van der Waals surface area contributed by atoms with Crippen LogP contribution in [0.25, 0.3) is 16.8 Å². The lowest BCUT2D eigenvalue weighted by Crippen LogP contribution is -2.32. The lowest BCUT2D eigenvalue weighted by Gasteiger charge is -2.30. The Morgan fingerprint density at radius 1 is 1.10 bits per heavy atom. The number of aromatic nitrogens is 7. The van der Waals surface area contributed by atoms with E-state index in [-0.39, 0.29) is 0 Å². The number of rotatable bonds is 3. The summed E-state index contributed by atoms with van der Waals surface area (Å²) in [6.07, 6.45) is 10.9. The topological polar surface area (TPSA) is 89.1 Å². The second kappa shape index (κ2) is 7.42. The number of fused-ring (bicyclic) bond motifs is 2. The molecule has 31 heavy (non-hydrogen) atoms. The van der Waals surface area contributed by atoms with Crippen molar-refractivity contribution < 1.29 is 0 Å². The summed E-state index contributed by atoms with van der Waals surface area (Å²) in [5.74, 6) is 0.974. The van der Waals surface area contributed by atoms with Crippen molar-refractivity contribution in [1.82, 2.24) is 39.9 Å². The fraction of sp³-hybridized carbons (Fsp3) is 0.409. The Labute approximate surface area is 180 Å². The molecule has 0 amide bonds. The predicted octanol–water partition coefficient (Wildman–Crippen LogP) is 2.18. The number of hydrogen-bond donors (Lipinski definition) is 1. The van der Waals surface area contributed by atoms with Crippen LogP contribution in [0.3, 0.4) is 0 Å². The fourth-order valence-electron chi connectivity index (χ4n) is 4.69. The van der Waals surface area contributed by atoms with Gasteiger partial charge in [0.15, 0.2) is 11.5 Å². The highest BCUT2D eigenvalue weighted by Crippen LogP contribution is 2.29. The molecule has 0 unspecified atom stereocenters. The Bertz CT molecular complexity index is 1230. The van der Waals surface area contributed by atoms with Crippen LogP contribution in [0.5, 0.6) is 0 Å². The molecule has 0 aromatic carbocycles. The summed E-state index contributed by atoms with van der Waals surface area (Å²) in [5.41, 5.74) is 6.56. The van der Waals surface area contributed by atoms with Gasteiger partial charge in [-0.15, -0.1) is 15.3 Å². The van der Waals surface area contributed by atoms with Gasteiger partial charge in [0.2, 0.25) is 0 Å². The Balaban J connectivity index is 1.28. The average Bonchev–Trinajstić information content (AvgIpc) is 3.48. The van der Waals surface area contributed by atoms with Crippen LogP contribution in [0.15, 0.2) is 37.1 Å². The second-order valence-corrected chi connectivity index (χ2v) is 8.48. The molecule has 4 aromatic rings. The number of anilines is 1. The molecular weight excluding hydrogens is 390 g/mol. The zero-order valence-electron chi connectivity index (χ0n) is 17.6. The van der Waals surface area contributed by atoms with Crippen molar-refractivity contribution in [3.63, 3.8) is 0 Å². The van der Waals surface area contributed by atoms with E-state index in [0.29, 0.717) is 6.04 Å². The van der Waals surface area contributed by atoms with Crippen LogP contribution < -0.4 is 10.2 Å². The lowest BCUT2D eigenvalue weighted by atomic mass is 10.0. The first-order chi connectivity index (χ1) is 15.2.